The lowest BCUT2D eigenvalue weighted by Crippen LogP contribution is -2.40. The summed E-state index contributed by atoms with van der Waals surface area (Å²) < 4.78 is 17.6. The van der Waals surface area contributed by atoms with E-state index < -0.39 is 17.3 Å². The number of anilines is 2. The van der Waals surface area contributed by atoms with Crippen molar-refractivity contribution in [1.82, 2.24) is 9.36 Å². The first-order valence-corrected chi connectivity index (χ1v) is 7.20. The predicted molar refractivity (Wildman–Crippen MR) is 84.6 cm³/mol. The molecule has 0 aliphatic rings. The van der Waals surface area contributed by atoms with E-state index in [0.717, 1.165) is 18.0 Å². The molecule has 22 heavy (non-hydrogen) atoms. The molecular formula is C15H15FN4OS. The first kappa shape index (κ1) is 15.9. The number of nitrogens with two attached hydrogens (primary N) is 1. The monoisotopic (exact) mass is 318 g/mol. The molecule has 2 aromatic heterocycles. The number of hydrogen-bond acceptors (Lipinski definition) is 5. The van der Waals surface area contributed by atoms with Crippen LogP contribution in [0.1, 0.15) is 29.9 Å². The van der Waals surface area contributed by atoms with Gasteiger partial charge in [-0.3, -0.25) is 9.69 Å². The van der Waals surface area contributed by atoms with Gasteiger partial charge in [0.1, 0.15) is 22.2 Å². The Balaban J connectivity index is 2.71. The summed E-state index contributed by atoms with van der Waals surface area (Å²) in [5.74, 6) is 1.44. The molecule has 7 heteroatoms. The van der Waals surface area contributed by atoms with Gasteiger partial charge in [0, 0.05) is 0 Å². The van der Waals surface area contributed by atoms with Gasteiger partial charge < -0.3 is 5.73 Å². The lowest BCUT2D eigenvalue weighted by molar-refractivity contribution is 0.1000. The highest BCUT2D eigenvalue weighted by Gasteiger charge is 2.32. The van der Waals surface area contributed by atoms with E-state index in [9.17, 15) is 9.18 Å². The van der Waals surface area contributed by atoms with Crippen LogP contribution >= 0.6 is 11.5 Å². The Morgan fingerprint density at radius 2 is 2.18 bits per heavy atom. The van der Waals surface area contributed by atoms with Crippen molar-refractivity contribution in [3.8, 4) is 12.3 Å². The van der Waals surface area contributed by atoms with Crippen molar-refractivity contribution in [3.05, 3.63) is 35.4 Å². The summed E-state index contributed by atoms with van der Waals surface area (Å²) in [5, 5.41) is 0.696. The van der Waals surface area contributed by atoms with Crippen molar-refractivity contribution in [2.24, 2.45) is 5.73 Å². The first-order chi connectivity index (χ1) is 10.3. The van der Waals surface area contributed by atoms with Crippen molar-refractivity contribution in [1.29, 1.82) is 0 Å². The van der Waals surface area contributed by atoms with Crippen molar-refractivity contribution < 1.29 is 9.18 Å². The molecule has 1 amide bonds. The van der Waals surface area contributed by atoms with Gasteiger partial charge in [-0.15, -0.1) is 6.42 Å². The number of terminal acetylenes is 1. The molecule has 0 aliphatic carbocycles. The molecule has 0 saturated heterocycles. The maximum absolute atomic E-state index is 13.4. The van der Waals surface area contributed by atoms with Crippen LogP contribution in [0.25, 0.3) is 0 Å². The number of halogens is 1. The molecule has 2 rings (SSSR count). The topological polar surface area (TPSA) is 72.1 Å². The number of aryl methyl sites for hydroxylation is 1. The van der Waals surface area contributed by atoms with Crippen molar-refractivity contribution in [3.63, 3.8) is 0 Å². The minimum absolute atomic E-state index is 0.0330. The number of aromatic nitrogens is 2. The highest BCUT2D eigenvalue weighted by Crippen LogP contribution is 2.36. The number of pyridine rings is 1. The number of hydrogen-bond donors (Lipinski definition) is 1. The van der Waals surface area contributed by atoms with E-state index in [1.807, 2.05) is 13.0 Å². The van der Waals surface area contributed by atoms with Gasteiger partial charge in [0.2, 0.25) is 0 Å². The maximum Gasteiger partial charge on any atom is 0.252 e. The molecule has 0 radical (unpaired) electrons. The molecule has 2 heterocycles. The maximum atomic E-state index is 13.4. The van der Waals surface area contributed by atoms with Gasteiger partial charge >= 0.3 is 0 Å². The molecule has 5 nitrogen and oxygen atoms in total. The summed E-state index contributed by atoms with van der Waals surface area (Å²) in [4.78, 5) is 17.4. The molecule has 0 aromatic carbocycles. The van der Waals surface area contributed by atoms with Gasteiger partial charge in [0.05, 0.1) is 17.5 Å². The third-order valence-electron chi connectivity index (χ3n) is 3.06. The zero-order valence-corrected chi connectivity index (χ0v) is 13.2. The second-order valence-electron chi connectivity index (χ2n) is 5.23. The number of carbonyl (C=O) groups is 1. The lowest BCUT2D eigenvalue weighted by Gasteiger charge is -2.34. The minimum atomic E-state index is -0.812. The second-order valence-corrected chi connectivity index (χ2v) is 6.02. The Labute approximate surface area is 132 Å². The van der Waals surface area contributed by atoms with E-state index in [2.05, 4.69) is 15.3 Å². The third-order valence-corrected chi connectivity index (χ3v) is 3.93. The predicted octanol–water partition coefficient (Wildman–Crippen LogP) is 2.63. The molecule has 114 valence electrons. The summed E-state index contributed by atoms with van der Waals surface area (Å²) in [6.07, 6.45) is 6.64. The van der Waals surface area contributed by atoms with E-state index in [4.69, 9.17) is 12.2 Å². The fraction of sp³-hybridized carbons (Fsp3) is 0.267. The Morgan fingerprint density at radius 1 is 1.50 bits per heavy atom. The van der Waals surface area contributed by atoms with Crippen molar-refractivity contribution >= 4 is 28.3 Å². The molecular weight excluding hydrogens is 303 g/mol. The number of amides is 1. The van der Waals surface area contributed by atoms with E-state index >= 15 is 0 Å². The van der Waals surface area contributed by atoms with Crippen LogP contribution in [0.3, 0.4) is 0 Å². The quantitative estimate of drug-likeness (QED) is 0.880. The van der Waals surface area contributed by atoms with Crippen LogP contribution < -0.4 is 10.6 Å². The zero-order chi connectivity index (χ0) is 16.5. The molecule has 0 spiro atoms. The third kappa shape index (κ3) is 2.92. The van der Waals surface area contributed by atoms with Crippen LogP contribution in [0.15, 0.2) is 18.3 Å². The molecule has 0 bridgehead atoms. The normalized spacial score (nSPS) is 11.0. The number of rotatable bonds is 4. The van der Waals surface area contributed by atoms with E-state index in [1.165, 1.54) is 11.5 Å². The molecule has 0 unspecified atom stereocenters. The van der Waals surface area contributed by atoms with Crippen LogP contribution in [0.5, 0.6) is 0 Å². The number of carbonyl (C=O) groups excluding carboxylic acids is 1. The smallest absolute Gasteiger partial charge is 0.252 e. The summed E-state index contributed by atoms with van der Waals surface area (Å²) in [7, 11) is 0. The average molecular weight is 318 g/mol. The molecule has 2 aromatic rings. The molecule has 0 saturated carbocycles. The van der Waals surface area contributed by atoms with Gasteiger partial charge in [-0.25, -0.2) is 9.37 Å². The van der Waals surface area contributed by atoms with Crippen LogP contribution in [-0.4, -0.2) is 20.8 Å². The summed E-state index contributed by atoms with van der Waals surface area (Å²) in [6, 6.07) is 2.87. The van der Waals surface area contributed by atoms with E-state index in [-0.39, 0.29) is 11.4 Å². The second kappa shape index (κ2) is 5.73. The molecule has 2 N–H and O–H groups in total. The van der Waals surface area contributed by atoms with Crippen molar-refractivity contribution in [2.45, 2.75) is 26.3 Å². The van der Waals surface area contributed by atoms with Gasteiger partial charge in [0.25, 0.3) is 5.91 Å². The number of primary amides is 1. The molecule has 0 atom stereocenters. The van der Waals surface area contributed by atoms with Crippen LogP contribution in [0.2, 0.25) is 0 Å². The summed E-state index contributed by atoms with van der Waals surface area (Å²) in [5.41, 5.74) is 5.31. The van der Waals surface area contributed by atoms with Gasteiger partial charge in [-0.2, -0.15) is 4.37 Å². The van der Waals surface area contributed by atoms with Gasteiger partial charge in [0.15, 0.2) is 0 Å². The zero-order valence-electron chi connectivity index (χ0n) is 12.4. The Kier molecular flexibility index (Phi) is 4.15. The van der Waals surface area contributed by atoms with Crippen LogP contribution in [-0.2, 0) is 0 Å². The van der Waals surface area contributed by atoms with Crippen LogP contribution in [0.4, 0.5) is 15.2 Å². The van der Waals surface area contributed by atoms with E-state index in [0.29, 0.717) is 5.00 Å². The fourth-order valence-corrected chi connectivity index (χ4v) is 2.87. The van der Waals surface area contributed by atoms with E-state index in [1.54, 1.807) is 18.7 Å². The minimum Gasteiger partial charge on any atom is -0.365 e. The Bertz CT molecular complexity index is 763. The SMILES string of the molecule is C#CC(C)(C)N(c1cc(C)ns1)c1ncc(F)cc1C(N)=O. The largest absolute Gasteiger partial charge is 0.365 e. The lowest BCUT2D eigenvalue weighted by atomic mass is 10.0. The Morgan fingerprint density at radius 3 is 2.68 bits per heavy atom. The number of nitrogens with zero attached hydrogens (tertiary/aromatic N) is 3. The molecule has 0 aliphatic heterocycles. The van der Waals surface area contributed by atoms with Gasteiger partial charge in [-0.05, 0) is 44.4 Å². The summed E-state index contributed by atoms with van der Waals surface area (Å²) >= 11 is 1.21. The fourth-order valence-electron chi connectivity index (χ4n) is 1.96. The van der Waals surface area contributed by atoms with Crippen LogP contribution in [0, 0.1) is 25.1 Å². The standard InChI is InChI=1S/C15H15FN4OS/c1-5-15(3,4)20(12-6-9(2)19-22-12)14-11(13(17)21)7-10(16)8-18-14/h1,6-8H,2-4H3,(H2,17,21). The first-order valence-electron chi connectivity index (χ1n) is 6.43. The Hall–Kier alpha value is -2.46. The molecule has 0 fully saturated rings. The highest BCUT2D eigenvalue weighted by molar-refractivity contribution is 7.10. The van der Waals surface area contributed by atoms with Gasteiger partial charge in [-0.1, -0.05) is 5.92 Å². The van der Waals surface area contributed by atoms with Crippen molar-refractivity contribution in [2.75, 3.05) is 4.90 Å². The highest BCUT2D eigenvalue weighted by atomic mass is 32.1. The summed E-state index contributed by atoms with van der Waals surface area (Å²) in [6.45, 7) is 5.42. The average Bonchev–Trinajstić information content (AvgIpc) is 2.86.